The van der Waals surface area contributed by atoms with Crippen LogP contribution in [0.1, 0.15) is 98.2 Å². The van der Waals surface area contributed by atoms with Gasteiger partial charge in [-0.2, -0.15) is 0 Å². The Kier molecular flexibility index (Phi) is 24.1. The van der Waals surface area contributed by atoms with Crippen molar-refractivity contribution in [2.24, 2.45) is 0 Å². The van der Waals surface area contributed by atoms with E-state index in [0.717, 1.165) is 25.7 Å². The van der Waals surface area contributed by atoms with Crippen molar-refractivity contribution in [3.63, 3.8) is 0 Å². The summed E-state index contributed by atoms with van der Waals surface area (Å²) >= 11 is 0. The predicted molar refractivity (Wildman–Crippen MR) is 98.0 cm³/mol. The summed E-state index contributed by atoms with van der Waals surface area (Å²) in [6, 6.07) is 0. The third-order valence-electron chi connectivity index (χ3n) is 3.83. The Labute approximate surface area is 173 Å². The van der Waals surface area contributed by atoms with Gasteiger partial charge in [-0.25, -0.2) is 0 Å². The van der Waals surface area contributed by atoms with Crippen molar-refractivity contribution in [1.29, 1.82) is 0 Å². The Bertz CT molecular complexity index is 305. The summed E-state index contributed by atoms with van der Waals surface area (Å²) in [6.45, 7) is 2.25. The van der Waals surface area contributed by atoms with Crippen LogP contribution in [0.5, 0.6) is 0 Å². The molecule has 0 unspecified atom stereocenters. The molecule has 138 valence electrons. The number of carbonyl (C=O) groups excluding carboxylic acids is 1. The van der Waals surface area contributed by atoms with E-state index in [2.05, 4.69) is 23.6 Å². The molecule has 4 nitrogen and oxygen atoms in total. The minimum atomic E-state index is -2.54. The van der Waals surface area contributed by atoms with Gasteiger partial charge in [0, 0.05) is 6.42 Å². The molecular weight excluding hydrogens is 334 g/mol. The maximum Gasteiger partial charge on any atom is 1.00 e. The predicted octanol–water partition coefficient (Wildman–Crippen LogP) is 2.90. The Morgan fingerprint density at radius 2 is 1.33 bits per heavy atom. The van der Waals surface area contributed by atoms with Crippen LogP contribution >= 0.6 is 8.60 Å². The van der Waals surface area contributed by atoms with Gasteiger partial charge in [0.05, 0.1) is 0 Å². The largest absolute Gasteiger partial charge is 1.00 e. The summed E-state index contributed by atoms with van der Waals surface area (Å²) in [5, 5.41) is 0. The molecule has 0 atom stereocenters. The van der Waals surface area contributed by atoms with E-state index in [1.54, 1.807) is 0 Å². The van der Waals surface area contributed by atoms with Crippen molar-refractivity contribution >= 4 is 14.6 Å². The van der Waals surface area contributed by atoms with Gasteiger partial charge >= 0.3 is 44.1 Å². The first kappa shape index (κ1) is 26.8. The number of unbranched alkanes of at least 4 members (excludes halogenated alkanes) is 11. The summed E-state index contributed by atoms with van der Waals surface area (Å²) in [5.74, 6) is -0.515. The van der Waals surface area contributed by atoms with E-state index in [4.69, 9.17) is 9.79 Å². The molecule has 0 fully saturated rings. The van der Waals surface area contributed by atoms with Crippen LogP contribution in [0, 0.1) is 0 Å². The quantitative estimate of drug-likeness (QED) is 0.190. The maximum absolute atomic E-state index is 11.1. The van der Waals surface area contributed by atoms with E-state index in [1.807, 2.05) is 0 Å². The zero-order valence-corrected chi connectivity index (χ0v) is 18.6. The molecule has 0 aromatic carbocycles. The van der Waals surface area contributed by atoms with Crippen molar-refractivity contribution in [3.05, 3.63) is 12.2 Å². The van der Waals surface area contributed by atoms with Crippen LogP contribution in [0.4, 0.5) is 0 Å². The first-order chi connectivity index (χ1) is 11.2. The van der Waals surface area contributed by atoms with Crippen LogP contribution in [0.15, 0.2) is 12.2 Å². The third-order valence-corrected chi connectivity index (χ3v) is 4.19. The van der Waals surface area contributed by atoms with E-state index in [-0.39, 0.29) is 37.4 Å². The first-order valence-electron chi connectivity index (χ1n) is 9.20. The fourth-order valence-electron chi connectivity index (χ4n) is 2.48. The van der Waals surface area contributed by atoms with Crippen molar-refractivity contribution in [3.8, 4) is 0 Å². The average Bonchev–Trinajstić information content (AvgIpc) is 2.50. The van der Waals surface area contributed by atoms with Crippen LogP contribution in [0.2, 0.25) is 0 Å². The van der Waals surface area contributed by atoms with Gasteiger partial charge in [0.1, 0.15) is 0 Å². The van der Waals surface area contributed by atoms with Gasteiger partial charge in [0.15, 0.2) is 0 Å². The van der Waals surface area contributed by atoms with Gasteiger partial charge in [0.2, 0.25) is 0 Å². The molecule has 0 aliphatic heterocycles. The van der Waals surface area contributed by atoms with Crippen molar-refractivity contribution < 1.29 is 50.1 Å². The zero-order chi connectivity index (χ0) is 17.2. The molecule has 0 rings (SSSR count). The Hall–Kier alpha value is 0.560. The molecule has 0 saturated heterocycles. The maximum atomic E-state index is 11.1. The molecule has 0 radical (unpaired) electrons. The second kappa shape index (κ2) is 21.6. The normalized spacial score (nSPS) is 11.0. The van der Waals surface area contributed by atoms with Crippen molar-refractivity contribution in [2.75, 3.05) is 0 Å². The van der Waals surface area contributed by atoms with E-state index in [0.29, 0.717) is 0 Å². The molecule has 0 heterocycles. The molecule has 2 N–H and O–H groups in total. The summed E-state index contributed by atoms with van der Waals surface area (Å²) < 4.78 is 4.30. The van der Waals surface area contributed by atoms with Gasteiger partial charge in [-0.3, -0.25) is 4.79 Å². The van der Waals surface area contributed by atoms with E-state index in [9.17, 15) is 4.79 Å². The van der Waals surface area contributed by atoms with Crippen LogP contribution < -0.4 is 29.6 Å². The van der Waals surface area contributed by atoms with Gasteiger partial charge < -0.3 is 15.7 Å². The number of allylic oxidation sites excluding steroid dienone is 2. The molecule has 6 heteroatoms. The van der Waals surface area contributed by atoms with E-state index in [1.165, 1.54) is 57.8 Å². The fourth-order valence-corrected chi connectivity index (χ4v) is 2.75. The topological polar surface area (TPSA) is 66.8 Å². The third kappa shape index (κ3) is 22.6. The summed E-state index contributed by atoms with van der Waals surface area (Å²) in [7, 11) is -2.54. The van der Waals surface area contributed by atoms with Crippen molar-refractivity contribution in [2.45, 2.75) is 96.8 Å². The minimum absolute atomic E-state index is 0. The summed E-state index contributed by atoms with van der Waals surface area (Å²) in [4.78, 5) is 28.1. The first-order valence-corrected chi connectivity index (χ1v) is 10.4. The monoisotopic (exact) mass is 370 g/mol. The number of rotatable bonds is 16. The average molecular weight is 370 g/mol. The van der Waals surface area contributed by atoms with E-state index < -0.39 is 14.6 Å². The molecule has 0 bridgehead atoms. The fraction of sp³-hybridized carbons (Fsp3) is 0.833. The van der Waals surface area contributed by atoms with E-state index >= 15 is 0 Å². The molecule has 0 aromatic rings. The van der Waals surface area contributed by atoms with Gasteiger partial charge in [-0.05, 0) is 32.1 Å². The zero-order valence-electron chi connectivity index (χ0n) is 16.7. The molecule has 0 aromatic heterocycles. The number of hydrogen-bond donors (Lipinski definition) is 2. The van der Waals surface area contributed by atoms with Crippen LogP contribution in [0.3, 0.4) is 0 Å². The Balaban J connectivity index is -0.00000242. The molecule has 0 saturated carbocycles. The van der Waals surface area contributed by atoms with Crippen LogP contribution in [0.25, 0.3) is 0 Å². The van der Waals surface area contributed by atoms with Gasteiger partial charge in [0.25, 0.3) is 0 Å². The molecule has 0 amide bonds. The second-order valence-corrected chi connectivity index (χ2v) is 6.74. The second-order valence-electron chi connectivity index (χ2n) is 6.05. The summed E-state index contributed by atoms with van der Waals surface area (Å²) in [5.41, 5.74) is 0. The SMILES string of the molecule is CCCCCCCCC=CCCCCCCCC(=O)OP(O)O.[H-].[Na+]. The summed E-state index contributed by atoms with van der Waals surface area (Å²) in [6.07, 6.45) is 20.7. The molecule has 0 aliphatic rings. The Morgan fingerprint density at radius 3 is 1.83 bits per heavy atom. The van der Waals surface area contributed by atoms with Crippen LogP contribution in [-0.2, 0) is 9.32 Å². The van der Waals surface area contributed by atoms with Gasteiger partial charge in [-0.1, -0.05) is 70.4 Å². The molecular formula is C18H36NaO4P. The van der Waals surface area contributed by atoms with Gasteiger partial charge in [-0.15, -0.1) is 0 Å². The standard InChI is InChI=1S/C18H35O4P.Na.H/c1-2-3-4-5-6-7-8-9-10-11-12-13-14-15-16-17-18(19)22-23(20)21;;/h9-10,20-21H,2-8,11-17H2,1H3;;/q;+1;-1. The van der Waals surface area contributed by atoms with Crippen LogP contribution in [-0.4, -0.2) is 15.8 Å². The smallest absolute Gasteiger partial charge is 1.00 e. The van der Waals surface area contributed by atoms with Crippen molar-refractivity contribution in [1.82, 2.24) is 0 Å². The Morgan fingerprint density at radius 1 is 0.875 bits per heavy atom. The minimum Gasteiger partial charge on any atom is -1.00 e. The molecule has 24 heavy (non-hydrogen) atoms. The molecule has 0 spiro atoms. The molecule has 0 aliphatic carbocycles. The number of carbonyl (C=O) groups is 1. The number of hydrogen-bond acceptors (Lipinski definition) is 4.